The maximum atomic E-state index is 14.3. The molecule has 1 heterocycles. The van der Waals surface area contributed by atoms with Crippen molar-refractivity contribution in [2.24, 2.45) is 5.92 Å². The van der Waals surface area contributed by atoms with Gasteiger partial charge in [0.25, 0.3) is 5.91 Å². The minimum Gasteiger partial charge on any atom is -0.394 e. The molecule has 2 aromatic rings. The maximum absolute atomic E-state index is 14.3. The third kappa shape index (κ3) is 2.69. The zero-order chi connectivity index (χ0) is 18.6. The van der Waals surface area contributed by atoms with Gasteiger partial charge in [-0.1, -0.05) is 0 Å². The van der Waals surface area contributed by atoms with Gasteiger partial charge < -0.3 is 15.5 Å². The van der Waals surface area contributed by atoms with E-state index in [1.165, 1.54) is 17.7 Å². The molecule has 26 heavy (non-hydrogen) atoms. The van der Waals surface area contributed by atoms with Crippen molar-refractivity contribution in [1.82, 2.24) is 15.1 Å². The summed E-state index contributed by atoms with van der Waals surface area (Å²) < 4.78 is 28.9. The Hall–Kier alpha value is -2.32. The Morgan fingerprint density at radius 3 is 2.88 bits per heavy atom. The van der Waals surface area contributed by atoms with Crippen molar-refractivity contribution >= 4 is 5.91 Å². The highest BCUT2D eigenvalue weighted by Gasteiger charge is 2.50. The summed E-state index contributed by atoms with van der Waals surface area (Å²) in [5, 5.41) is 25.8. The standard InChI is InChI=1S/C18H19F2N3O3/c1-8(25)14(7-24)21-18(26)16-12-5-9-4-11(9)17(12)23(22-16)15-3-2-10(19)6-13(15)20/h2-3,6,8-9,11,14,24-25H,4-5,7H2,1H3,(H,21,26)/t8-,9-,11-,14+/m1/s1. The van der Waals surface area contributed by atoms with Crippen LogP contribution in [0.5, 0.6) is 0 Å². The number of aromatic nitrogens is 2. The van der Waals surface area contributed by atoms with Crippen molar-refractivity contribution in [3.05, 3.63) is 46.8 Å². The lowest BCUT2D eigenvalue weighted by atomic mass is 10.1. The van der Waals surface area contributed by atoms with Crippen molar-refractivity contribution in [2.45, 2.75) is 37.8 Å². The predicted octanol–water partition coefficient (Wildman–Crippen LogP) is 1.28. The van der Waals surface area contributed by atoms with Gasteiger partial charge in [-0.05, 0) is 37.8 Å². The molecule has 0 radical (unpaired) electrons. The van der Waals surface area contributed by atoms with Gasteiger partial charge >= 0.3 is 0 Å². The van der Waals surface area contributed by atoms with E-state index in [1.54, 1.807) is 0 Å². The van der Waals surface area contributed by atoms with E-state index in [9.17, 15) is 23.8 Å². The number of halogens is 2. The lowest BCUT2D eigenvalue weighted by molar-refractivity contribution is 0.0753. The van der Waals surface area contributed by atoms with Gasteiger partial charge in [-0.3, -0.25) is 4.79 Å². The van der Waals surface area contributed by atoms with E-state index in [-0.39, 0.29) is 17.3 Å². The van der Waals surface area contributed by atoms with Crippen molar-refractivity contribution in [3.63, 3.8) is 0 Å². The molecule has 3 N–H and O–H groups in total. The summed E-state index contributed by atoms with van der Waals surface area (Å²) in [7, 11) is 0. The fourth-order valence-corrected chi connectivity index (χ4v) is 3.69. The van der Waals surface area contributed by atoms with Crippen molar-refractivity contribution in [2.75, 3.05) is 6.61 Å². The fraction of sp³-hybridized carbons (Fsp3) is 0.444. The molecule has 4 rings (SSSR count). The van der Waals surface area contributed by atoms with Crippen LogP contribution in [0.3, 0.4) is 0 Å². The van der Waals surface area contributed by atoms with Crippen LogP contribution in [-0.4, -0.2) is 44.7 Å². The molecule has 1 aromatic heterocycles. The average molecular weight is 363 g/mol. The normalized spacial score (nSPS) is 22.5. The van der Waals surface area contributed by atoms with Crippen LogP contribution in [0, 0.1) is 17.6 Å². The average Bonchev–Trinajstić information content (AvgIpc) is 3.09. The molecule has 0 saturated heterocycles. The fourth-order valence-electron chi connectivity index (χ4n) is 3.69. The second-order valence-corrected chi connectivity index (χ2v) is 7.03. The summed E-state index contributed by atoms with van der Waals surface area (Å²) in [5.41, 5.74) is 1.82. The Bertz CT molecular complexity index is 881. The largest absolute Gasteiger partial charge is 0.394 e. The minimum atomic E-state index is -0.929. The van der Waals surface area contributed by atoms with Crippen LogP contribution in [0.1, 0.15) is 41.0 Å². The van der Waals surface area contributed by atoms with Crippen LogP contribution in [0.4, 0.5) is 8.78 Å². The van der Waals surface area contributed by atoms with Gasteiger partial charge in [0.2, 0.25) is 0 Å². The number of aliphatic hydroxyl groups excluding tert-OH is 2. The molecule has 1 amide bonds. The second-order valence-electron chi connectivity index (χ2n) is 7.03. The molecule has 2 aliphatic carbocycles. The number of aliphatic hydroxyl groups is 2. The van der Waals surface area contributed by atoms with Gasteiger partial charge in [-0.25, -0.2) is 13.5 Å². The van der Waals surface area contributed by atoms with Crippen molar-refractivity contribution < 1.29 is 23.8 Å². The molecule has 8 heteroatoms. The molecule has 6 nitrogen and oxygen atoms in total. The third-order valence-electron chi connectivity index (χ3n) is 5.21. The molecule has 0 spiro atoms. The Morgan fingerprint density at radius 2 is 2.23 bits per heavy atom. The SMILES string of the molecule is C[C@@H](O)[C@H](CO)NC(=O)c1nn(-c2ccc(F)cc2F)c2c1C[C@H]1C[C@@H]21. The van der Waals surface area contributed by atoms with E-state index >= 15 is 0 Å². The molecular weight excluding hydrogens is 344 g/mol. The van der Waals surface area contributed by atoms with Crippen LogP contribution >= 0.6 is 0 Å². The van der Waals surface area contributed by atoms with Gasteiger partial charge in [0.15, 0.2) is 11.5 Å². The van der Waals surface area contributed by atoms with Crippen LogP contribution in [0.25, 0.3) is 5.69 Å². The number of fused-ring (bicyclic) bond motifs is 3. The summed E-state index contributed by atoms with van der Waals surface area (Å²) >= 11 is 0. The van der Waals surface area contributed by atoms with E-state index in [2.05, 4.69) is 10.4 Å². The molecule has 0 aliphatic heterocycles. The first-order valence-corrected chi connectivity index (χ1v) is 8.57. The monoisotopic (exact) mass is 363 g/mol. The maximum Gasteiger partial charge on any atom is 0.272 e. The van der Waals surface area contributed by atoms with Gasteiger partial charge in [0.05, 0.1) is 24.4 Å². The topological polar surface area (TPSA) is 87.4 Å². The number of hydrogen-bond donors (Lipinski definition) is 3. The van der Waals surface area contributed by atoms with Crippen molar-refractivity contribution in [1.29, 1.82) is 0 Å². The van der Waals surface area contributed by atoms with E-state index in [4.69, 9.17) is 0 Å². The van der Waals surface area contributed by atoms with Gasteiger partial charge in [-0.2, -0.15) is 5.10 Å². The number of amides is 1. The highest BCUT2D eigenvalue weighted by Crippen LogP contribution is 2.57. The first-order valence-electron chi connectivity index (χ1n) is 8.57. The molecule has 1 saturated carbocycles. The number of hydrogen-bond acceptors (Lipinski definition) is 4. The first kappa shape index (κ1) is 17.1. The first-order chi connectivity index (χ1) is 12.4. The molecular formula is C18H19F2N3O3. The van der Waals surface area contributed by atoms with Gasteiger partial charge in [0.1, 0.15) is 11.5 Å². The molecule has 1 aromatic carbocycles. The zero-order valence-electron chi connectivity index (χ0n) is 14.1. The quantitative estimate of drug-likeness (QED) is 0.747. The summed E-state index contributed by atoms with van der Waals surface area (Å²) in [6.45, 7) is 1.05. The summed E-state index contributed by atoms with van der Waals surface area (Å²) in [6, 6.07) is 2.43. The molecule has 4 atom stereocenters. The Balaban J connectivity index is 1.74. The highest BCUT2D eigenvalue weighted by atomic mass is 19.1. The van der Waals surface area contributed by atoms with Crippen LogP contribution in [-0.2, 0) is 6.42 Å². The summed E-state index contributed by atoms with van der Waals surface area (Å²) in [4.78, 5) is 12.6. The third-order valence-corrected chi connectivity index (χ3v) is 5.21. The summed E-state index contributed by atoms with van der Waals surface area (Å²) in [5.74, 6) is -1.30. The molecule has 1 fully saturated rings. The van der Waals surface area contributed by atoms with E-state index < -0.39 is 36.3 Å². The smallest absolute Gasteiger partial charge is 0.272 e. The molecule has 2 aliphatic rings. The number of benzene rings is 1. The van der Waals surface area contributed by atoms with Crippen molar-refractivity contribution in [3.8, 4) is 5.69 Å². The Morgan fingerprint density at radius 1 is 1.46 bits per heavy atom. The van der Waals surface area contributed by atoms with Crippen LogP contribution in [0.2, 0.25) is 0 Å². The second kappa shape index (κ2) is 6.14. The number of nitrogens with one attached hydrogen (secondary N) is 1. The highest BCUT2D eigenvalue weighted by molar-refractivity contribution is 5.94. The van der Waals surface area contributed by atoms with Crippen LogP contribution < -0.4 is 5.32 Å². The van der Waals surface area contributed by atoms with E-state index in [1.807, 2.05) is 0 Å². The molecule has 138 valence electrons. The van der Waals surface area contributed by atoms with E-state index in [0.717, 1.165) is 29.8 Å². The lowest BCUT2D eigenvalue weighted by Gasteiger charge is -2.18. The molecule has 0 unspecified atom stereocenters. The van der Waals surface area contributed by atoms with Crippen LogP contribution in [0.15, 0.2) is 18.2 Å². The molecule has 0 bridgehead atoms. The minimum absolute atomic E-state index is 0.100. The predicted molar refractivity (Wildman–Crippen MR) is 88.1 cm³/mol. The van der Waals surface area contributed by atoms with E-state index in [0.29, 0.717) is 12.3 Å². The van der Waals surface area contributed by atoms with Gasteiger partial charge in [0, 0.05) is 17.5 Å². The summed E-state index contributed by atoms with van der Waals surface area (Å²) in [6.07, 6.45) is 0.724. The zero-order valence-corrected chi connectivity index (χ0v) is 14.1. The Kier molecular flexibility index (Phi) is 4.04. The Labute approximate surface area is 148 Å². The number of nitrogens with zero attached hydrogens (tertiary/aromatic N) is 2. The van der Waals surface area contributed by atoms with Gasteiger partial charge in [-0.15, -0.1) is 0 Å². The number of carbonyl (C=O) groups excluding carboxylic acids is 1. The lowest BCUT2D eigenvalue weighted by Crippen LogP contribution is -2.45. The number of rotatable bonds is 5. The number of carbonyl (C=O) groups is 1.